The van der Waals surface area contributed by atoms with Gasteiger partial charge in [0.05, 0.1) is 6.10 Å². The van der Waals surface area contributed by atoms with Gasteiger partial charge in [-0.2, -0.15) is 0 Å². The zero-order valence-corrected chi connectivity index (χ0v) is 11.0. The fourth-order valence-corrected chi connectivity index (χ4v) is 2.03. The van der Waals surface area contributed by atoms with E-state index < -0.39 is 11.5 Å². The van der Waals surface area contributed by atoms with Crippen LogP contribution in [0.2, 0.25) is 10.0 Å². The Balaban J connectivity index is 3.03. The molecule has 1 rings (SSSR count). The molecule has 0 amide bonds. The van der Waals surface area contributed by atoms with Gasteiger partial charge in [-0.05, 0) is 31.0 Å². The molecule has 0 aliphatic carbocycles. The molecule has 0 fully saturated rings. The normalized spacial score (nSPS) is 16.9. The lowest BCUT2D eigenvalue weighted by molar-refractivity contribution is 0.0589. The molecular weight excluding hydrogens is 245 g/mol. The Kier molecular flexibility index (Phi) is 4.62. The lowest BCUT2D eigenvalue weighted by Crippen LogP contribution is -2.39. The van der Waals surface area contributed by atoms with Gasteiger partial charge in [-0.3, -0.25) is 0 Å². The number of rotatable bonds is 4. The van der Waals surface area contributed by atoms with Crippen molar-refractivity contribution in [1.82, 2.24) is 0 Å². The SMILES string of the molecule is CC(O)C(C)(CN)Cc1c(Cl)cccc1Cl. The van der Waals surface area contributed by atoms with Crippen molar-refractivity contribution in [3.63, 3.8) is 0 Å². The van der Waals surface area contributed by atoms with Crippen molar-refractivity contribution in [3.8, 4) is 0 Å². The molecule has 2 unspecified atom stereocenters. The summed E-state index contributed by atoms with van der Waals surface area (Å²) in [5.74, 6) is 0. The minimum Gasteiger partial charge on any atom is -0.393 e. The van der Waals surface area contributed by atoms with Gasteiger partial charge < -0.3 is 10.8 Å². The maximum Gasteiger partial charge on any atom is 0.0580 e. The zero-order chi connectivity index (χ0) is 12.3. The Bertz CT molecular complexity index is 348. The molecule has 2 nitrogen and oxygen atoms in total. The van der Waals surface area contributed by atoms with Crippen molar-refractivity contribution in [3.05, 3.63) is 33.8 Å². The topological polar surface area (TPSA) is 46.2 Å². The minimum atomic E-state index is -0.509. The summed E-state index contributed by atoms with van der Waals surface area (Å²) in [7, 11) is 0. The third-order valence-electron chi connectivity index (χ3n) is 3.12. The van der Waals surface area contributed by atoms with Gasteiger partial charge in [0.2, 0.25) is 0 Å². The van der Waals surface area contributed by atoms with Crippen LogP contribution in [-0.2, 0) is 6.42 Å². The molecule has 3 N–H and O–H groups in total. The van der Waals surface area contributed by atoms with Gasteiger partial charge in [-0.15, -0.1) is 0 Å². The van der Waals surface area contributed by atoms with E-state index in [1.54, 1.807) is 25.1 Å². The van der Waals surface area contributed by atoms with E-state index in [-0.39, 0.29) is 0 Å². The molecule has 0 aliphatic heterocycles. The van der Waals surface area contributed by atoms with Crippen molar-refractivity contribution < 1.29 is 5.11 Å². The van der Waals surface area contributed by atoms with Gasteiger partial charge in [0, 0.05) is 22.0 Å². The van der Waals surface area contributed by atoms with Crippen LogP contribution in [0.15, 0.2) is 18.2 Å². The maximum atomic E-state index is 9.75. The highest BCUT2D eigenvalue weighted by Gasteiger charge is 2.30. The first-order valence-corrected chi connectivity index (χ1v) is 5.97. The third-order valence-corrected chi connectivity index (χ3v) is 3.83. The number of hydrogen-bond acceptors (Lipinski definition) is 2. The largest absolute Gasteiger partial charge is 0.393 e. The van der Waals surface area contributed by atoms with Crippen LogP contribution < -0.4 is 5.73 Å². The Labute approximate surface area is 106 Å². The van der Waals surface area contributed by atoms with E-state index in [2.05, 4.69) is 0 Å². The summed E-state index contributed by atoms with van der Waals surface area (Å²) in [6.07, 6.45) is 0.0597. The van der Waals surface area contributed by atoms with E-state index in [1.807, 2.05) is 6.92 Å². The van der Waals surface area contributed by atoms with Crippen molar-refractivity contribution in [2.45, 2.75) is 26.4 Å². The lowest BCUT2D eigenvalue weighted by atomic mass is 9.79. The molecule has 1 aromatic carbocycles. The van der Waals surface area contributed by atoms with E-state index in [9.17, 15) is 5.11 Å². The Morgan fingerprint density at radius 3 is 2.25 bits per heavy atom. The van der Waals surface area contributed by atoms with Crippen molar-refractivity contribution >= 4 is 23.2 Å². The maximum absolute atomic E-state index is 9.75. The van der Waals surface area contributed by atoms with Crippen molar-refractivity contribution in [1.29, 1.82) is 0 Å². The lowest BCUT2D eigenvalue weighted by Gasteiger charge is -2.31. The minimum absolute atomic E-state index is 0.381. The predicted molar refractivity (Wildman–Crippen MR) is 69.0 cm³/mol. The first-order chi connectivity index (χ1) is 7.40. The van der Waals surface area contributed by atoms with Gasteiger partial charge in [-0.25, -0.2) is 0 Å². The van der Waals surface area contributed by atoms with Crippen LogP contribution in [-0.4, -0.2) is 17.8 Å². The van der Waals surface area contributed by atoms with Crippen LogP contribution in [0.3, 0.4) is 0 Å². The average molecular weight is 262 g/mol. The molecule has 2 atom stereocenters. The third kappa shape index (κ3) is 2.89. The molecular formula is C12H17Cl2NO. The first-order valence-electron chi connectivity index (χ1n) is 5.22. The molecule has 0 saturated carbocycles. The molecule has 0 aliphatic rings. The average Bonchev–Trinajstić information content (AvgIpc) is 2.23. The number of hydrogen-bond donors (Lipinski definition) is 2. The monoisotopic (exact) mass is 261 g/mol. The predicted octanol–water partition coefficient (Wildman–Crippen LogP) is 2.88. The molecule has 0 saturated heterocycles. The Morgan fingerprint density at radius 1 is 1.38 bits per heavy atom. The van der Waals surface area contributed by atoms with Crippen LogP contribution in [0.25, 0.3) is 0 Å². The molecule has 16 heavy (non-hydrogen) atoms. The molecule has 0 radical (unpaired) electrons. The first kappa shape index (κ1) is 13.8. The van der Waals surface area contributed by atoms with E-state index >= 15 is 0 Å². The molecule has 0 aromatic heterocycles. The highest BCUT2D eigenvalue weighted by molar-refractivity contribution is 6.36. The summed E-state index contributed by atoms with van der Waals surface area (Å²) < 4.78 is 0. The highest BCUT2D eigenvalue weighted by Crippen LogP contribution is 2.33. The second-order valence-corrected chi connectivity index (χ2v) is 5.23. The summed E-state index contributed by atoms with van der Waals surface area (Å²) in [5.41, 5.74) is 6.15. The highest BCUT2D eigenvalue weighted by atomic mass is 35.5. The zero-order valence-electron chi connectivity index (χ0n) is 9.50. The fourth-order valence-electron chi connectivity index (χ4n) is 1.50. The van der Waals surface area contributed by atoms with E-state index in [0.717, 1.165) is 5.56 Å². The van der Waals surface area contributed by atoms with Crippen LogP contribution in [0.4, 0.5) is 0 Å². The van der Waals surface area contributed by atoms with Gasteiger partial charge in [0.1, 0.15) is 0 Å². The summed E-state index contributed by atoms with van der Waals surface area (Å²) in [6.45, 7) is 4.04. The van der Waals surface area contributed by atoms with Crippen LogP contribution in [0.1, 0.15) is 19.4 Å². The van der Waals surface area contributed by atoms with Gasteiger partial charge in [0.15, 0.2) is 0 Å². The number of aliphatic hydroxyl groups excluding tert-OH is 1. The van der Waals surface area contributed by atoms with E-state index in [0.29, 0.717) is 23.0 Å². The van der Waals surface area contributed by atoms with Crippen LogP contribution in [0.5, 0.6) is 0 Å². The molecule has 90 valence electrons. The fraction of sp³-hybridized carbons (Fsp3) is 0.500. The van der Waals surface area contributed by atoms with Gasteiger partial charge in [0.25, 0.3) is 0 Å². The molecule has 0 heterocycles. The summed E-state index contributed by atoms with van der Waals surface area (Å²) in [5, 5.41) is 11.0. The summed E-state index contributed by atoms with van der Waals surface area (Å²) in [4.78, 5) is 0. The molecule has 1 aromatic rings. The smallest absolute Gasteiger partial charge is 0.0580 e. The number of halogens is 2. The number of benzene rings is 1. The van der Waals surface area contributed by atoms with Gasteiger partial charge in [-0.1, -0.05) is 36.2 Å². The number of nitrogens with two attached hydrogens (primary N) is 1. The molecule has 0 spiro atoms. The Morgan fingerprint density at radius 2 is 1.88 bits per heavy atom. The van der Waals surface area contributed by atoms with E-state index in [4.69, 9.17) is 28.9 Å². The summed E-state index contributed by atoms with van der Waals surface area (Å²) >= 11 is 12.2. The van der Waals surface area contributed by atoms with Gasteiger partial charge >= 0.3 is 0 Å². The van der Waals surface area contributed by atoms with Crippen molar-refractivity contribution in [2.75, 3.05) is 6.54 Å². The Hall–Kier alpha value is -0.280. The van der Waals surface area contributed by atoms with Crippen molar-refractivity contribution in [2.24, 2.45) is 11.1 Å². The second kappa shape index (κ2) is 5.37. The van der Waals surface area contributed by atoms with E-state index in [1.165, 1.54) is 0 Å². The molecule has 0 bridgehead atoms. The quantitative estimate of drug-likeness (QED) is 0.876. The standard InChI is InChI=1S/C12H17Cl2NO/c1-8(16)12(2,7-15)6-9-10(13)4-3-5-11(9)14/h3-5,8,16H,6-7,15H2,1-2H3. The summed E-state index contributed by atoms with van der Waals surface area (Å²) in [6, 6.07) is 5.39. The molecule has 4 heteroatoms. The van der Waals surface area contributed by atoms with Crippen LogP contribution >= 0.6 is 23.2 Å². The second-order valence-electron chi connectivity index (χ2n) is 4.41. The van der Waals surface area contributed by atoms with Crippen LogP contribution in [0, 0.1) is 5.41 Å². The number of aliphatic hydroxyl groups is 1.